The lowest BCUT2D eigenvalue weighted by atomic mass is 10.1. The van der Waals surface area contributed by atoms with Crippen LogP contribution < -0.4 is 0 Å². The molecule has 0 saturated heterocycles. The molecule has 0 atom stereocenters. The molecule has 0 aliphatic carbocycles. The van der Waals surface area contributed by atoms with Crippen LogP contribution in [0.5, 0.6) is 0 Å². The number of carboxylic acid groups (broad SMARTS) is 1. The predicted molar refractivity (Wildman–Crippen MR) is 54.5 cm³/mol. The van der Waals surface area contributed by atoms with Gasteiger partial charge < -0.3 is 5.11 Å². The maximum atomic E-state index is 10.7. The van der Waals surface area contributed by atoms with Crippen molar-refractivity contribution in [3.8, 4) is 6.07 Å². The largest absolute Gasteiger partial charge is 0.478 e. The van der Waals surface area contributed by atoms with Crippen molar-refractivity contribution in [2.75, 3.05) is 5.75 Å². The summed E-state index contributed by atoms with van der Waals surface area (Å²) >= 11 is 1.47. The molecule has 4 heteroatoms. The Labute approximate surface area is 86.4 Å². The van der Waals surface area contributed by atoms with Crippen molar-refractivity contribution < 1.29 is 9.90 Å². The number of hydrogen-bond acceptors (Lipinski definition) is 3. The van der Waals surface area contributed by atoms with Gasteiger partial charge in [0.15, 0.2) is 0 Å². The van der Waals surface area contributed by atoms with Gasteiger partial charge in [0, 0.05) is 4.90 Å². The number of rotatable bonds is 3. The van der Waals surface area contributed by atoms with Crippen LogP contribution in [0, 0.1) is 11.3 Å². The number of carbonyl (C=O) groups is 1. The smallest absolute Gasteiger partial charge is 0.335 e. The minimum absolute atomic E-state index is 0.222. The van der Waals surface area contributed by atoms with Crippen molar-refractivity contribution in [2.45, 2.75) is 11.8 Å². The molecule has 0 amide bonds. The molecule has 1 N–H and O–H groups in total. The Balaban J connectivity index is 3.15. The zero-order valence-electron chi connectivity index (χ0n) is 7.65. The van der Waals surface area contributed by atoms with Crippen molar-refractivity contribution in [2.24, 2.45) is 0 Å². The average Bonchev–Trinajstić information content (AvgIpc) is 2.18. The topological polar surface area (TPSA) is 61.1 Å². The molecule has 0 fully saturated rings. The van der Waals surface area contributed by atoms with Crippen molar-refractivity contribution in [3.63, 3.8) is 0 Å². The highest BCUT2D eigenvalue weighted by Crippen LogP contribution is 2.23. The van der Waals surface area contributed by atoms with Crippen LogP contribution in [0.2, 0.25) is 0 Å². The Morgan fingerprint density at radius 1 is 1.64 bits per heavy atom. The first-order valence-electron chi connectivity index (χ1n) is 4.09. The van der Waals surface area contributed by atoms with Gasteiger partial charge in [-0.25, -0.2) is 4.79 Å². The summed E-state index contributed by atoms with van der Waals surface area (Å²) < 4.78 is 0. The molecule has 0 unspecified atom stereocenters. The zero-order valence-corrected chi connectivity index (χ0v) is 8.47. The van der Waals surface area contributed by atoms with Crippen molar-refractivity contribution in [1.29, 1.82) is 5.26 Å². The summed E-state index contributed by atoms with van der Waals surface area (Å²) in [6.07, 6.45) is 0. The third-order valence-corrected chi connectivity index (χ3v) is 2.59. The fourth-order valence-corrected chi connectivity index (χ4v) is 1.81. The molecule has 0 bridgehead atoms. The molecule has 0 radical (unpaired) electrons. The average molecular weight is 207 g/mol. The molecule has 0 heterocycles. The quantitative estimate of drug-likeness (QED) is 0.773. The number of nitrogens with zero attached hydrogens (tertiary/aromatic N) is 1. The van der Waals surface area contributed by atoms with Crippen LogP contribution in [0.4, 0.5) is 0 Å². The molecule has 1 aromatic rings. The summed E-state index contributed by atoms with van der Waals surface area (Å²) in [5, 5.41) is 17.5. The summed E-state index contributed by atoms with van der Waals surface area (Å²) in [7, 11) is 0. The van der Waals surface area contributed by atoms with E-state index in [2.05, 4.69) is 0 Å². The van der Waals surface area contributed by atoms with Crippen molar-refractivity contribution in [3.05, 3.63) is 29.3 Å². The fourth-order valence-electron chi connectivity index (χ4n) is 1.02. The van der Waals surface area contributed by atoms with Gasteiger partial charge in [-0.3, -0.25) is 0 Å². The lowest BCUT2D eigenvalue weighted by Gasteiger charge is -2.02. The first-order valence-corrected chi connectivity index (χ1v) is 5.07. The Hall–Kier alpha value is -1.47. The van der Waals surface area contributed by atoms with Crippen LogP contribution in [-0.2, 0) is 0 Å². The molecular formula is C10H9NO2S. The van der Waals surface area contributed by atoms with Crippen LogP contribution in [0.3, 0.4) is 0 Å². The zero-order chi connectivity index (χ0) is 10.6. The second-order valence-electron chi connectivity index (χ2n) is 2.56. The third-order valence-electron chi connectivity index (χ3n) is 1.65. The Kier molecular flexibility index (Phi) is 3.55. The normalized spacial score (nSPS) is 9.43. The van der Waals surface area contributed by atoms with Crippen molar-refractivity contribution >= 4 is 17.7 Å². The predicted octanol–water partition coefficient (Wildman–Crippen LogP) is 2.37. The number of nitriles is 1. The van der Waals surface area contributed by atoms with E-state index in [1.807, 2.05) is 13.0 Å². The van der Waals surface area contributed by atoms with Crippen LogP contribution in [0.1, 0.15) is 22.8 Å². The molecule has 1 aromatic carbocycles. The van der Waals surface area contributed by atoms with Crippen LogP contribution in [0.15, 0.2) is 23.1 Å². The molecule has 1 rings (SSSR count). The molecule has 0 aliphatic rings. The highest BCUT2D eigenvalue weighted by molar-refractivity contribution is 7.99. The Morgan fingerprint density at radius 3 is 2.86 bits per heavy atom. The van der Waals surface area contributed by atoms with Gasteiger partial charge in [-0.15, -0.1) is 11.8 Å². The summed E-state index contributed by atoms with van der Waals surface area (Å²) in [4.78, 5) is 11.4. The summed E-state index contributed by atoms with van der Waals surface area (Å²) in [5.74, 6) is -0.148. The fraction of sp³-hybridized carbons (Fsp3) is 0.200. The monoisotopic (exact) mass is 207 g/mol. The number of carboxylic acids is 1. The van der Waals surface area contributed by atoms with Gasteiger partial charge in [0.2, 0.25) is 0 Å². The SMILES string of the molecule is CCSc1cc(C(=O)O)ccc1C#N. The van der Waals surface area contributed by atoms with Gasteiger partial charge in [-0.2, -0.15) is 5.26 Å². The van der Waals surface area contributed by atoms with Gasteiger partial charge >= 0.3 is 5.97 Å². The maximum absolute atomic E-state index is 10.7. The minimum Gasteiger partial charge on any atom is -0.478 e. The first-order chi connectivity index (χ1) is 6.69. The van der Waals surface area contributed by atoms with E-state index in [0.29, 0.717) is 5.56 Å². The number of benzene rings is 1. The summed E-state index contributed by atoms with van der Waals surface area (Å²) in [6.45, 7) is 1.96. The van der Waals surface area contributed by atoms with Gasteiger partial charge in [-0.1, -0.05) is 6.92 Å². The van der Waals surface area contributed by atoms with Gasteiger partial charge in [0.25, 0.3) is 0 Å². The molecule has 0 aliphatic heterocycles. The van der Waals surface area contributed by atoms with E-state index < -0.39 is 5.97 Å². The van der Waals surface area contributed by atoms with Crippen LogP contribution in [-0.4, -0.2) is 16.8 Å². The molecule has 0 spiro atoms. The van der Waals surface area contributed by atoms with E-state index in [9.17, 15) is 4.79 Å². The molecule has 14 heavy (non-hydrogen) atoms. The second-order valence-corrected chi connectivity index (χ2v) is 3.87. The van der Waals surface area contributed by atoms with E-state index in [1.165, 1.54) is 23.9 Å². The molecule has 0 saturated carbocycles. The Morgan fingerprint density at radius 2 is 2.36 bits per heavy atom. The number of hydrogen-bond donors (Lipinski definition) is 1. The Bertz CT molecular complexity index is 396. The second kappa shape index (κ2) is 4.68. The third kappa shape index (κ3) is 2.27. The van der Waals surface area contributed by atoms with Crippen LogP contribution in [0.25, 0.3) is 0 Å². The maximum Gasteiger partial charge on any atom is 0.335 e. The van der Waals surface area contributed by atoms with Gasteiger partial charge in [-0.05, 0) is 24.0 Å². The molecular weight excluding hydrogens is 198 g/mol. The molecule has 3 nitrogen and oxygen atoms in total. The lowest BCUT2D eigenvalue weighted by Crippen LogP contribution is -1.97. The first kappa shape index (κ1) is 10.6. The summed E-state index contributed by atoms with van der Waals surface area (Å²) in [6, 6.07) is 6.56. The number of thioether (sulfide) groups is 1. The van der Waals surface area contributed by atoms with E-state index in [-0.39, 0.29) is 5.56 Å². The highest BCUT2D eigenvalue weighted by atomic mass is 32.2. The standard InChI is InChI=1S/C10H9NO2S/c1-2-14-9-5-7(10(12)13)3-4-8(9)6-11/h3-5H,2H2,1H3,(H,12,13). The summed E-state index contributed by atoms with van der Waals surface area (Å²) in [5.41, 5.74) is 0.752. The van der Waals surface area contributed by atoms with E-state index in [4.69, 9.17) is 10.4 Å². The van der Waals surface area contributed by atoms with E-state index in [0.717, 1.165) is 10.6 Å². The van der Waals surface area contributed by atoms with E-state index in [1.54, 1.807) is 6.07 Å². The lowest BCUT2D eigenvalue weighted by molar-refractivity contribution is 0.0696. The minimum atomic E-state index is -0.965. The van der Waals surface area contributed by atoms with Gasteiger partial charge in [0.1, 0.15) is 6.07 Å². The van der Waals surface area contributed by atoms with Crippen molar-refractivity contribution in [1.82, 2.24) is 0 Å². The number of aromatic carboxylic acids is 1. The molecule has 0 aromatic heterocycles. The highest BCUT2D eigenvalue weighted by Gasteiger charge is 2.07. The molecule has 72 valence electrons. The van der Waals surface area contributed by atoms with Gasteiger partial charge in [0.05, 0.1) is 11.1 Å². The van der Waals surface area contributed by atoms with E-state index >= 15 is 0 Å². The van der Waals surface area contributed by atoms with Crippen LogP contribution >= 0.6 is 11.8 Å².